The zero-order chi connectivity index (χ0) is 11.0. The van der Waals surface area contributed by atoms with Crippen LogP contribution in [0.25, 0.3) is 0 Å². The first-order chi connectivity index (χ1) is 7.08. The summed E-state index contributed by atoms with van der Waals surface area (Å²) in [5.74, 6) is 0.981. The first-order valence-electron chi connectivity index (χ1n) is 5.14. The molecule has 2 N–H and O–H groups in total. The zero-order valence-electron chi connectivity index (χ0n) is 8.91. The molecule has 4 nitrogen and oxygen atoms in total. The summed E-state index contributed by atoms with van der Waals surface area (Å²) in [7, 11) is 0. The average molecular weight is 209 g/mol. The van der Waals surface area contributed by atoms with Crippen molar-refractivity contribution in [1.82, 2.24) is 5.32 Å². The quantitative estimate of drug-likeness (QED) is 0.793. The Kier molecular flexibility index (Phi) is 2.52. The number of aryl methyl sites for hydroxylation is 1. The molecule has 2 unspecified atom stereocenters. The fraction of sp³-hybridized carbons (Fsp3) is 0.545. The van der Waals surface area contributed by atoms with Gasteiger partial charge in [0.25, 0.3) is 0 Å². The van der Waals surface area contributed by atoms with Crippen LogP contribution in [-0.4, -0.2) is 17.1 Å². The summed E-state index contributed by atoms with van der Waals surface area (Å²) in [5, 5.41) is 12.1. The van der Waals surface area contributed by atoms with E-state index in [9.17, 15) is 4.79 Å². The molecule has 0 spiro atoms. The fourth-order valence-corrected chi connectivity index (χ4v) is 1.68. The highest BCUT2D eigenvalue weighted by Gasteiger charge is 2.31. The molecule has 1 aromatic heterocycles. The van der Waals surface area contributed by atoms with E-state index in [4.69, 9.17) is 9.52 Å². The van der Waals surface area contributed by atoms with Crippen molar-refractivity contribution >= 4 is 5.97 Å². The van der Waals surface area contributed by atoms with Crippen LogP contribution in [0.4, 0.5) is 0 Å². The van der Waals surface area contributed by atoms with Crippen LogP contribution in [0.5, 0.6) is 0 Å². The van der Waals surface area contributed by atoms with E-state index in [0.29, 0.717) is 24.1 Å². The topological polar surface area (TPSA) is 62.5 Å². The van der Waals surface area contributed by atoms with Crippen molar-refractivity contribution in [2.24, 2.45) is 5.92 Å². The minimum Gasteiger partial charge on any atom is -0.478 e. The lowest BCUT2D eigenvalue weighted by molar-refractivity contribution is 0.0695. The van der Waals surface area contributed by atoms with Gasteiger partial charge in [0, 0.05) is 6.04 Å². The van der Waals surface area contributed by atoms with E-state index in [1.165, 1.54) is 6.42 Å². The summed E-state index contributed by atoms with van der Waals surface area (Å²) >= 11 is 0. The molecule has 4 heteroatoms. The van der Waals surface area contributed by atoms with Crippen molar-refractivity contribution in [2.75, 3.05) is 0 Å². The number of aromatic carboxylic acids is 1. The fourth-order valence-electron chi connectivity index (χ4n) is 1.68. The maximum Gasteiger partial charge on any atom is 0.339 e. The molecule has 1 aliphatic carbocycles. The van der Waals surface area contributed by atoms with E-state index in [1.54, 1.807) is 13.0 Å². The van der Waals surface area contributed by atoms with E-state index in [1.807, 2.05) is 0 Å². The molecule has 2 atom stereocenters. The lowest BCUT2D eigenvalue weighted by atomic mass is 10.2. The number of hydrogen-bond acceptors (Lipinski definition) is 3. The molecule has 1 aliphatic rings. The Morgan fingerprint density at radius 1 is 1.73 bits per heavy atom. The summed E-state index contributed by atoms with van der Waals surface area (Å²) in [6, 6.07) is 2.17. The van der Waals surface area contributed by atoms with Crippen molar-refractivity contribution in [3.63, 3.8) is 0 Å². The monoisotopic (exact) mass is 209 g/mol. The molecule has 0 aliphatic heterocycles. The predicted molar refractivity (Wildman–Crippen MR) is 54.8 cm³/mol. The van der Waals surface area contributed by atoms with Gasteiger partial charge < -0.3 is 14.8 Å². The summed E-state index contributed by atoms with van der Waals surface area (Å²) in [4.78, 5) is 10.8. The molecular formula is C11H15NO3. The van der Waals surface area contributed by atoms with E-state index in [-0.39, 0.29) is 5.56 Å². The molecular weight excluding hydrogens is 194 g/mol. The maximum atomic E-state index is 10.8. The number of nitrogens with one attached hydrogen (secondary N) is 1. The van der Waals surface area contributed by atoms with Crippen molar-refractivity contribution in [1.29, 1.82) is 0 Å². The summed E-state index contributed by atoms with van der Waals surface area (Å²) in [5.41, 5.74) is 0.260. The highest BCUT2D eigenvalue weighted by atomic mass is 16.4. The van der Waals surface area contributed by atoms with Crippen LogP contribution < -0.4 is 5.32 Å². The van der Waals surface area contributed by atoms with Gasteiger partial charge in [0.2, 0.25) is 0 Å². The van der Waals surface area contributed by atoms with Gasteiger partial charge >= 0.3 is 5.97 Å². The highest BCUT2D eigenvalue weighted by Crippen LogP contribution is 2.29. The van der Waals surface area contributed by atoms with Gasteiger partial charge in [0.15, 0.2) is 0 Å². The smallest absolute Gasteiger partial charge is 0.339 e. The van der Waals surface area contributed by atoms with Crippen LogP contribution in [0.15, 0.2) is 10.5 Å². The van der Waals surface area contributed by atoms with Crippen molar-refractivity contribution in [3.05, 3.63) is 23.2 Å². The van der Waals surface area contributed by atoms with Gasteiger partial charge in [0.05, 0.1) is 6.54 Å². The van der Waals surface area contributed by atoms with E-state index in [2.05, 4.69) is 12.2 Å². The minimum atomic E-state index is -0.928. The van der Waals surface area contributed by atoms with Gasteiger partial charge in [-0.25, -0.2) is 4.79 Å². The number of rotatable bonds is 4. The second-order valence-electron chi connectivity index (χ2n) is 4.19. The summed E-state index contributed by atoms with van der Waals surface area (Å²) < 4.78 is 5.35. The summed E-state index contributed by atoms with van der Waals surface area (Å²) in [6.45, 7) is 4.48. The van der Waals surface area contributed by atoms with Crippen molar-refractivity contribution in [2.45, 2.75) is 32.9 Å². The van der Waals surface area contributed by atoms with Crippen LogP contribution in [0.1, 0.15) is 35.2 Å². The van der Waals surface area contributed by atoms with Gasteiger partial charge in [-0.2, -0.15) is 0 Å². The van der Waals surface area contributed by atoms with Crippen LogP contribution in [0.3, 0.4) is 0 Å². The van der Waals surface area contributed by atoms with Crippen LogP contribution in [-0.2, 0) is 6.54 Å². The Labute approximate surface area is 88.3 Å². The molecule has 0 saturated heterocycles. The first kappa shape index (κ1) is 10.2. The second kappa shape index (κ2) is 3.70. The SMILES string of the molecule is Cc1oc(CNC2CC2C)cc1C(=O)O. The van der Waals surface area contributed by atoms with Crippen LogP contribution in [0, 0.1) is 12.8 Å². The molecule has 0 amide bonds. The Balaban J connectivity index is 1.97. The first-order valence-corrected chi connectivity index (χ1v) is 5.14. The predicted octanol–water partition coefficient (Wildman–Crippen LogP) is 1.78. The molecule has 82 valence electrons. The normalized spacial score (nSPS) is 24.1. The van der Waals surface area contributed by atoms with Crippen molar-refractivity contribution < 1.29 is 14.3 Å². The van der Waals surface area contributed by atoms with Gasteiger partial charge in [0.1, 0.15) is 17.1 Å². The van der Waals surface area contributed by atoms with Gasteiger partial charge in [-0.05, 0) is 25.3 Å². The number of carboxylic acid groups (broad SMARTS) is 1. The Hall–Kier alpha value is -1.29. The highest BCUT2D eigenvalue weighted by molar-refractivity contribution is 5.88. The lowest BCUT2D eigenvalue weighted by Gasteiger charge is -1.98. The maximum absolute atomic E-state index is 10.8. The van der Waals surface area contributed by atoms with Gasteiger partial charge in [-0.15, -0.1) is 0 Å². The Bertz CT molecular complexity index is 383. The van der Waals surface area contributed by atoms with Gasteiger partial charge in [-0.3, -0.25) is 0 Å². The number of carbonyl (C=O) groups is 1. The molecule has 2 rings (SSSR count). The van der Waals surface area contributed by atoms with Crippen molar-refractivity contribution in [3.8, 4) is 0 Å². The third kappa shape index (κ3) is 2.21. The van der Waals surface area contributed by atoms with Crippen LogP contribution in [0.2, 0.25) is 0 Å². The largest absolute Gasteiger partial charge is 0.478 e. The molecule has 0 aromatic carbocycles. The molecule has 15 heavy (non-hydrogen) atoms. The zero-order valence-corrected chi connectivity index (χ0v) is 8.91. The standard InChI is InChI=1S/C11H15NO3/c1-6-3-10(6)12-5-8-4-9(11(13)14)7(2)15-8/h4,6,10,12H,3,5H2,1-2H3,(H,13,14). The third-order valence-electron chi connectivity index (χ3n) is 2.85. The summed E-state index contributed by atoms with van der Waals surface area (Å²) in [6.07, 6.45) is 1.20. The average Bonchev–Trinajstić information content (AvgIpc) is 2.71. The molecule has 0 radical (unpaired) electrons. The van der Waals surface area contributed by atoms with E-state index >= 15 is 0 Å². The number of hydrogen-bond donors (Lipinski definition) is 2. The third-order valence-corrected chi connectivity index (χ3v) is 2.85. The number of carboxylic acids is 1. The Morgan fingerprint density at radius 3 is 2.87 bits per heavy atom. The van der Waals surface area contributed by atoms with Gasteiger partial charge in [-0.1, -0.05) is 6.92 Å². The molecule has 1 aromatic rings. The number of furan rings is 1. The second-order valence-corrected chi connectivity index (χ2v) is 4.19. The van der Waals surface area contributed by atoms with Crippen LogP contribution >= 0.6 is 0 Å². The minimum absolute atomic E-state index is 0.260. The van der Waals surface area contributed by atoms with E-state index < -0.39 is 5.97 Å². The molecule has 0 bridgehead atoms. The molecule has 1 heterocycles. The Morgan fingerprint density at radius 2 is 2.40 bits per heavy atom. The lowest BCUT2D eigenvalue weighted by Crippen LogP contribution is -2.16. The van der Waals surface area contributed by atoms with E-state index in [0.717, 1.165) is 5.92 Å². The molecule has 1 saturated carbocycles. The molecule has 1 fully saturated rings.